The highest BCUT2D eigenvalue weighted by atomic mass is 33.1. The molecule has 0 aliphatic rings. The molecule has 0 atom stereocenters. The van der Waals surface area contributed by atoms with Crippen molar-refractivity contribution in [3.05, 3.63) is 23.9 Å². The van der Waals surface area contributed by atoms with E-state index in [4.69, 9.17) is 5.11 Å². The van der Waals surface area contributed by atoms with Crippen LogP contribution in [0.25, 0.3) is 0 Å². The maximum atomic E-state index is 8.61. The van der Waals surface area contributed by atoms with Gasteiger partial charge < -0.3 is 5.11 Å². The Balaban J connectivity index is 2.34. The lowest BCUT2D eigenvalue weighted by molar-refractivity contribution is 0.296. The van der Waals surface area contributed by atoms with E-state index in [-0.39, 0.29) is 6.61 Å². The fourth-order valence-corrected chi connectivity index (χ4v) is 2.91. The maximum absolute atomic E-state index is 8.61. The molecule has 14 heavy (non-hydrogen) atoms. The molecule has 2 nitrogen and oxygen atoms in total. The second-order valence-corrected chi connectivity index (χ2v) is 5.24. The molecule has 0 aliphatic carbocycles. The Morgan fingerprint density at radius 1 is 1.43 bits per heavy atom. The molecule has 1 heterocycles. The summed E-state index contributed by atoms with van der Waals surface area (Å²) >= 11 is 0. The normalized spacial score (nSPS) is 10.4. The zero-order valence-corrected chi connectivity index (χ0v) is 9.90. The molecule has 1 aromatic heterocycles. The highest BCUT2D eigenvalue weighted by Gasteiger charge is 1.97. The molecule has 1 N–H and O–H groups in total. The number of hydrogen-bond donors (Lipinski definition) is 1. The van der Waals surface area contributed by atoms with Crippen LogP contribution < -0.4 is 0 Å². The number of aromatic nitrogens is 1. The number of aliphatic hydroxyl groups excluding tert-OH is 1. The van der Waals surface area contributed by atoms with Crippen LogP contribution in [0.15, 0.2) is 23.2 Å². The quantitative estimate of drug-likeness (QED) is 0.600. The van der Waals surface area contributed by atoms with Crippen molar-refractivity contribution < 1.29 is 5.11 Å². The van der Waals surface area contributed by atoms with E-state index in [0.717, 1.165) is 29.3 Å². The first-order chi connectivity index (χ1) is 6.86. The van der Waals surface area contributed by atoms with Crippen molar-refractivity contribution in [3.63, 3.8) is 0 Å². The fraction of sp³-hybridized carbons (Fsp3) is 0.500. The number of aryl methyl sites for hydroxylation is 1. The van der Waals surface area contributed by atoms with Crippen LogP contribution in [0.3, 0.4) is 0 Å². The molecular formula is C10H15NOS2. The van der Waals surface area contributed by atoms with E-state index in [1.165, 1.54) is 0 Å². The smallest absolute Gasteiger partial charge is 0.107 e. The SMILES string of the molecule is CCc1cccc(SSCCCO)n1. The summed E-state index contributed by atoms with van der Waals surface area (Å²) in [6.07, 6.45) is 1.83. The van der Waals surface area contributed by atoms with Gasteiger partial charge in [-0.1, -0.05) is 23.8 Å². The van der Waals surface area contributed by atoms with Crippen molar-refractivity contribution in [1.82, 2.24) is 4.98 Å². The van der Waals surface area contributed by atoms with Crippen molar-refractivity contribution in [2.75, 3.05) is 12.4 Å². The van der Waals surface area contributed by atoms with Crippen molar-refractivity contribution >= 4 is 21.6 Å². The summed E-state index contributed by atoms with van der Waals surface area (Å²) in [5.74, 6) is 0.971. The summed E-state index contributed by atoms with van der Waals surface area (Å²) in [5, 5.41) is 9.67. The van der Waals surface area contributed by atoms with Gasteiger partial charge in [-0.3, -0.25) is 0 Å². The molecule has 0 bridgehead atoms. The number of nitrogens with zero attached hydrogens (tertiary/aromatic N) is 1. The monoisotopic (exact) mass is 229 g/mol. The first kappa shape index (κ1) is 11.9. The molecule has 0 aromatic carbocycles. The summed E-state index contributed by atoms with van der Waals surface area (Å²) in [5.41, 5.74) is 1.14. The Morgan fingerprint density at radius 3 is 3.00 bits per heavy atom. The Hall–Kier alpha value is -0.190. The standard InChI is InChI=1S/C10H15NOS2/c1-2-9-5-3-6-10(11-9)14-13-8-4-7-12/h3,5-6,12H,2,4,7-8H2,1H3. The van der Waals surface area contributed by atoms with Gasteiger partial charge in [0.2, 0.25) is 0 Å². The fourth-order valence-electron chi connectivity index (χ4n) is 0.926. The van der Waals surface area contributed by atoms with E-state index < -0.39 is 0 Å². The minimum absolute atomic E-state index is 0.274. The molecule has 4 heteroatoms. The first-order valence-electron chi connectivity index (χ1n) is 4.73. The highest BCUT2D eigenvalue weighted by molar-refractivity contribution is 8.76. The summed E-state index contributed by atoms with van der Waals surface area (Å²) in [7, 11) is 3.43. The average Bonchev–Trinajstić information content (AvgIpc) is 2.25. The maximum Gasteiger partial charge on any atom is 0.107 e. The topological polar surface area (TPSA) is 33.1 Å². The van der Waals surface area contributed by atoms with E-state index in [9.17, 15) is 0 Å². The van der Waals surface area contributed by atoms with E-state index in [0.29, 0.717) is 0 Å². The molecule has 0 saturated carbocycles. The van der Waals surface area contributed by atoms with Crippen molar-refractivity contribution in [2.45, 2.75) is 24.8 Å². The van der Waals surface area contributed by atoms with Gasteiger partial charge in [0.25, 0.3) is 0 Å². The minimum atomic E-state index is 0.274. The summed E-state index contributed by atoms with van der Waals surface area (Å²) < 4.78 is 0. The molecular weight excluding hydrogens is 214 g/mol. The average molecular weight is 229 g/mol. The Bertz CT molecular complexity index is 268. The second-order valence-electron chi connectivity index (χ2n) is 2.80. The number of rotatable bonds is 6. The van der Waals surface area contributed by atoms with Crippen LogP contribution in [-0.2, 0) is 6.42 Å². The third-order valence-electron chi connectivity index (χ3n) is 1.67. The minimum Gasteiger partial charge on any atom is -0.396 e. The summed E-state index contributed by atoms with van der Waals surface area (Å²) in [6, 6.07) is 6.11. The lowest BCUT2D eigenvalue weighted by Gasteiger charge is -2.01. The lowest BCUT2D eigenvalue weighted by atomic mass is 10.3. The van der Waals surface area contributed by atoms with Crippen molar-refractivity contribution in [3.8, 4) is 0 Å². The van der Waals surface area contributed by atoms with Crippen LogP contribution in [0.4, 0.5) is 0 Å². The van der Waals surface area contributed by atoms with Gasteiger partial charge in [-0.2, -0.15) is 0 Å². The molecule has 1 aromatic rings. The largest absolute Gasteiger partial charge is 0.396 e. The third-order valence-corrected chi connectivity index (χ3v) is 4.01. The van der Waals surface area contributed by atoms with Crippen molar-refractivity contribution in [2.24, 2.45) is 0 Å². The van der Waals surface area contributed by atoms with E-state index >= 15 is 0 Å². The van der Waals surface area contributed by atoms with Crippen LogP contribution in [0.2, 0.25) is 0 Å². The predicted octanol–water partition coefficient (Wildman–Crippen LogP) is 2.77. The third kappa shape index (κ3) is 4.35. The van der Waals surface area contributed by atoms with Crippen LogP contribution in [0.1, 0.15) is 19.0 Å². The van der Waals surface area contributed by atoms with Gasteiger partial charge in [0.15, 0.2) is 0 Å². The molecule has 0 radical (unpaired) electrons. The number of pyridine rings is 1. The van der Waals surface area contributed by atoms with Crippen LogP contribution in [-0.4, -0.2) is 22.5 Å². The molecule has 0 aliphatic heterocycles. The zero-order valence-electron chi connectivity index (χ0n) is 8.27. The molecule has 0 fully saturated rings. The van der Waals surface area contributed by atoms with Gasteiger partial charge in [0.1, 0.15) is 5.03 Å². The van der Waals surface area contributed by atoms with E-state index in [2.05, 4.69) is 11.9 Å². The van der Waals surface area contributed by atoms with Crippen LogP contribution >= 0.6 is 21.6 Å². The first-order valence-corrected chi connectivity index (χ1v) is 7.05. The summed E-state index contributed by atoms with van der Waals surface area (Å²) in [4.78, 5) is 4.47. The zero-order chi connectivity index (χ0) is 10.2. The second kappa shape index (κ2) is 7.15. The Morgan fingerprint density at radius 2 is 2.29 bits per heavy atom. The predicted molar refractivity (Wildman–Crippen MR) is 63.6 cm³/mol. The molecule has 0 spiro atoms. The molecule has 0 unspecified atom stereocenters. The van der Waals surface area contributed by atoms with Crippen LogP contribution in [0, 0.1) is 0 Å². The van der Waals surface area contributed by atoms with Crippen LogP contribution in [0.5, 0.6) is 0 Å². The van der Waals surface area contributed by atoms with E-state index in [1.807, 2.05) is 18.2 Å². The van der Waals surface area contributed by atoms with Crippen molar-refractivity contribution in [1.29, 1.82) is 0 Å². The van der Waals surface area contributed by atoms with E-state index in [1.54, 1.807) is 21.6 Å². The molecule has 1 rings (SSSR count). The highest BCUT2D eigenvalue weighted by Crippen LogP contribution is 2.29. The van der Waals surface area contributed by atoms with Gasteiger partial charge in [-0.15, -0.1) is 0 Å². The molecule has 0 saturated heterocycles. The van der Waals surface area contributed by atoms with Gasteiger partial charge >= 0.3 is 0 Å². The Kier molecular flexibility index (Phi) is 6.07. The van der Waals surface area contributed by atoms with Gasteiger partial charge in [-0.05, 0) is 35.8 Å². The molecule has 0 amide bonds. The molecule has 78 valence electrons. The van der Waals surface area contributed by atoms with Gasteiger partial charge in [0.05, 0.1) is 0 Å². The number of hydrogen-bond acceptors (Lipinski definition) is 4. The Labute approximate surface area is 92.9 Å². The number of aliphatic hydroxyl groups is 1. The summed E-state index contributed by atoms with van der Waals surface area (Å²) in [6.45, 7) is 2.38. The lowest BCUT2D eigenvalue weighted by Crippen LogP contribution is -1.87. The van der Waals surface area contributed by atoms with Gasteiger partial charge in [0, 0.05) is 18.1 Å². The van der Waals surface area contributed by atoms with Gasteiger partial charge in [-0.25, -0.2) is 4.98 Å².